The smallest absolute Gasteiger partial charge is 0.410 e. The number of carbonyl (C=O) groups is 1. The van der Waals surface area contributed by atoms with E-state index in [2.05, 4.69) is 24.1 Å². The fourth-order valence-corrected chi connectivity index (χ4v) is 3.73. The average Bonchev–Trinajstić information content (AvgIpc) is 2.86. The van der Waals surface area contributed by atoms with Gasteiger partial charge in [-0.2, -0.15) is 4.98 Å². The van der Waals surface area contributed by atoms with E-state index in [1.807, 2.05) is 32.9 Å². The largest absolute Gasteiger partial charge is 0.478 e. The van der Waals surface area contributed by atoms with Gasteiger partial charge >= 0.3 is 6.09 Å². The molecular weight excluding hydrogens is 473 g/mol. The van der Waals surface area contributed by atoms with Crippen LogP contribution < -0.4 is 14.8 Å². The lowest BCUT2D eigenvalue weighted by atomic mass is 9.99. The summed E-state index contributed by atoms with van der Waals surface area (Å²) in [4.78, 5) is 18.5. The van der Waals surface area contributed by atoms with Gasteiger partial charge in [0.25, 0.3) is 0 Å². The lowest BCUT2D eigenvalue weighted by molar-refractivity contribution is 0.0270. The summed E-state index contributed by atoms with van der Waals surface area (Å²) in [6.07, 6.45) is 6.12. The number of pyridine rings is 1. The van der Waals surface area contributed by atoms with Crippen LogP contribution in [0.3, 0.4) is 0 Å². The van der Waals surface area contributed by atoms with E-state index in [1.54, 1.807) is 23.1 Å². The molecule has 0 saturated heterocycles. The number of nitrogens with one attached hydrogen (secondary N) is 1. The summed E-state index contributed by atoms with van der Waals surface area (Å²) in [6.45, 7) is 11.8. The molecule has 0 spiro atoms. The lowest BCUT2D eigenvalue weighted by Gasteiger charge is -2.29. The number of benzene rings is 1. The molecule has 0 saturated carbocycles. The molecule has 0 atom stereocenters. The van der Waals surface area contributed by atoms with Crippen LogP contribution in [-0.2, 0) is 4.74 Å². The van der Waals surface area contributed by atoms with Gasteiger partial charge in [-0.05, 0) is 69.4 Å². The van der Waals surface area contributed by atoms with Crippen LogP contribution in [0.5, 0.6) is 11.8 Å². The molecule has 2 heterocycles. The third kappa shape index (κ3) is 8.65. The van der Waals surface area contributed by atoms with Crippen LogP contribution in [0.2, 0.25) is 0 Å². The van der Waals surface area contributed by atoms with E-state index in [4.69, 9.17) is 14.2 Å². The van der Waals surface area contributed by atoms with E-state index in [-0.39, 0.29) is 11.9 Å². The monoisotopic (exact) mass is 513 g/mol. The normalized spacial score (nSPS) is 13.7. The number of amides is 1. The van der Waals surface area contributed by atoms with Gasteiger partial charge in [0.15, 0.2) is 0 Å². The number of hydrogen-bond acceptors (Lipinski definition) is 6. The standard InChI is InChI=1S/C29H40FN3O4/c1-6-8-18-35-26-13-12-25(27(32-26)36-19-9-7-2)31-24-11-10-22(20-23(24)30)21-14-16-33(17-15-21)28(34)37-29(3,4)5/h10-14,20,31H,6-9,15-19H2,1-5H3. The second-order valence-corrected chi connectivity index (χ2v) is 10.1. The quantitative estimate of drug-likeness (QED) is 0.317. The molecule has 1 aromatic heterocycles. The Hall–Kier alpha value is -3.29. The summed E-state index contributed by atoms with van der Waals surface area (Å²) < 4.78 is 32.2. The summed E-state index contributed by atoms with van der Waals surface area (Å²) in [7, 11) is 0. The Kier molecular flexibility index (Phi) is 10.2. The predicted octanol–water partition coefficient (Wildman–Crippen LogP) is 7.35. The molecule has 3 rings (SSSR count). The van der Waals surface area contributed by atoms with E-state index < -0.39 is 5.60 Å². The number of halogens is 1. The third-order valence-electron chi connectivity index (χ3n) is 5.79. The van der Waals surface area contributed by atoms with Crippen molar-refractivity contribution in [3.8, 4) is 11.8 Å². The van der Waals surface area contributed by atoms with Crippen LogP contribution in [0, 0.1) is 5.82 Å². The summed E-state index contributed by atoms with van der Waals surface area (Å²) in [6, 6.07) is 8.68. The van der Waals surface area contributed by atoms with Crippen LogP contribution in [0.4, 0.5) is 20.6 Å². The van der Waals surface area contributed by atoms with Gasteiger partial charge < -0.3 is 24.4 Å². The van der Waals surface area contributed by atoms with Crippen molar-refractivity contribution in [2.24, 2.45) is 0 Å². The van der Waals surface area contributed by atoms with Gasteiger partial charge in [-0.3, -0.25) is 0 Å². The molecular formula is C29H40FN3O4. The number of carbonyl (C=O) groups excluding carboxylic acids is 1. The molecule has 202 valence electrons. The number of ether oxygens (including phenoxy) is 3. The van der Waals surface area contributed by atoms with E-state index in [9.17, 15) is 4.79 Å². The molecule has 0 bridgehead atoms. The average molecular weight is 514 g/mol. The Labute approximate surface area is 220 Å². The first-order valence-corrected chi connectivity index (χ1v) is 13.2. The Bertz CT molecular complexity index is 1080. The predicted molar refractivity (Wildman–Crippen MR) is 145 cm³/mol. The van der Waals surface area contributed by atoms with Gasteiger partial charge in [0.1, 0.15) is 17.1 Å². The second-order valence-electron chi connectivity index (χ2n) is 10.1. The molecule has 0 radical (unpaired) electrons. The van der Waals surface area contributed by atoms with Gasteiger partial charge in [-0.15, -0.1) is 0 Å². The van der Waals surface area contributed by atoms with Gasteiger partial charge in [-0.1, -0.05) is 38.8 Å². The van der Waals surface area contributed by atoms with Gasteiger partial charge in [0.05, 0.1) is 18.9 Å². The molecule has 1 N–H and O–H groups in total. The minimum Gasteiger partial charge on any atom is -0.478 e. The first-order chi connectivity index (χ1) is 17.7. The van der Waals surface area contributed by atoms with E-state index in [1.165, 1.54) is 6.07 Å². The Morgan fingerprint density at radius 2 is 1.76 bits per heavy atom. The zero-order valence-electron chi connectivity index (χ0n) is 22.7. The van der Waals surface area contributed by atoms with Crippen molar-refractivity contribution in [2.45, 2.75) is 72.3 Å². The number of nitrogens with zero attached hydrogens (tertiary/aromatic N) is 2. The maximum Gasteiger partial charge on any atom is 0.410 e. The lowest BCUT2D eigenvalue weighted by Crippen LogP contribution is -2.39. The van der Waals surface area contributed by atoms with E-state index >= 15 is 4.39 Å². The molecule has 0 unspecified atom stereocenters. The van der Waals surface area contributed by atoms with Crippen molar-refractivity contribution in [3.63, 3.8) is 0 Å². The Morgan fingerprint density at radius 1 is 1.05 bits per heavy atom. The fraction of sp³-hybridized carbons (Fsp3) is 0.517. The molecule has 1 aromatic carbocycles. The van der Waals surface area contributed by atoms with Crippen LogP contribution >= 0.6 is 0 Å². The number of rotatable bonds is 11. The number of unbranched alkanes of at least 4 members (excludes halogenated alkanes) is 2. The molecule has 0 fully saturated rings. The zero-order valence-corrected chi connectivity index (χ0v) is 22.7. The molecule has 1 aliphatic rings. The van der Waals surface area contributed by atoms with Gasteiger partial charge in [0.2, 0.25) is 11.8 Å². The summed E-state index contributed by atoms with van der Waals surface area (Å²) in [5, 5.41) is 3.13. The molecule has 8 heteroatoms. The van der Waals surface area contributed by atoms with Crippen molar-refractivity contribution in [3.05, 3.63) is 47.8 Å². The van der Waals surface area contributed by atoms with Crippen molar-refractivity contribution >= 4 is 23.0 Å². The molecule has 37 heavy (non-hydrogen) atoms. The van der Waals surface area contributed by atoms with Crippen molar-refractivity contribution < 1.29 is 23.4 Å². The maximum absolute atomic E-state index is 15.1. The highest BCUT2D eigenvalue weighted by molar-refractivity contribution is 5.74. The number of anilines is 2. The first-order valence-electron chi connectivity index (χ1n) is 13.2. The summed E-state index contributed by atoms with van der Waals surface area (Å²) in [5.41, 5.74) is 2.17. The van der Waals surface area contributed by atoms with Crippen LogP contribution in [0.25, 0.3) is 5.57 Å². The summed E-state index contributed by atoms with van der Waals surface area (Å²) in [5.74, 6) is 0.505. The molecule has 0 aliphatic carbocycles. The summed E-state index contributed by atoms with van der Waals surface area (Å²) >= 11 is 0. The highest BCUT2D eigenvalue weighted by Crippen LogP contribution is 2.32. The first kappa shape index (κ1) is 28.3. The molecule has 1 amide bonds. The van der Waals surface area contributed by atoms with Crippen LogP contribution in [0.1, 0.15) is 72.3 Å². The topological polar surface area (TPSA) is 72.9 Å². The Morgan fingerprint density at radius 3 is 2.38 bits per heavy atom. The third-order valence-corrected chi connectivity index (χ3v) is 5.79. The SMILES string of the molecule is CCCCOc1ccc(Nc2ccc(C3=CCN(C(=O)OC(C)(C)C)CC3)cc2F)c(OCCCC)n1. The maximum atomic E-state index is 15.1. The minimum atomic E-state index is -0.536. The van der Waals surface area contributed by atoms with Gasteiger partial charge in [-0.25, -0.2) is 9.18 Å². The zero-order chi connectivity index (χ0) is 26.8. The van der Waals surface area contributed by atoms with Crippen LogP contribution in [0.15, 0.2) is 36.4 Å². The molecule has 1 aliphatic heterocycles. The highest BCUT2D eigenvalue weighted by Gasteiger charge is 2.24. The molecule has 2 aromatic rings. The van der Waals surface area contributed by atoms with Gasteiger partial charge in [0, 0.05) is 19.2 Å². The van der Waals surface area contributed by atoms with E-state index in [0.29, 0.717) is 55.9 Å². The number of hydrogen-bond donors (Lipinski definition) is 1. The Balaban J connectivity index is 1.70. The molecule has 7 nitrogen and oxygen atoms in total. The van der Waals surface area contributed by atoms with Crippen molar-refractivity contribution in [2.75, 3.05) is 31.6 Å². The van der Waals surface area contributed by atoms with Crippen LogP contribution in [-0.4, -0.2) is 47.9 Å². The fourth-order valence-electron chi connectivity index (χ4n) is 3.73. The minimum absolute atomic E-state index is 0.331. The number of aromatic nitrogens is 1. The van der Waals surface area contributed by atoms with Crippen molar-refractivity contribution in [1.29, 1.82) is 0 Å². The van der Waals surface area contributed by atoms with E-state index in [0.717, 1.165) is 36.8 Å². The highest BCUT2D eigenvalue weighted by atomic mass is 19.1. The second kappa shape index (κ2) is 13.3. The van der Waals surface area contributed by atoms with Crippen molar-refractivity contribution in [1.82, 2.24) is 9.88 Å².